The van der Waals surface area contributed by atoms with Crippen LogP contribution in [0.4, 0.5) is 0 Å². The molecule has 0 rings (SSSR count). The molecule has 0 aliphatic rings. The highest BCUT2D eigenvalue weighted by Gasteiger charge is 2.19. The van der Waals surface area contributed by atoms with Crippen molar-refractivity contribution < 1.29 is 28.6 Å². The Labute approximate surface area is 505 Å². The van der Waals surface area contributed by atoms with Gasteiger partial charge in [0.15, 0.2) is 6.10 Å². The summed E-state index contributed by atoms with van der Waals surface area (Å²) < 4.78 is 17.0. The summed E-state index contributed by atoms with van der Waals surface area (Å²) in [5.41, 5.74) is 0. The van der Waals surface area contributed by atoms with Crippen molar-refractivity contribution in [1.29, 1.82) is 0 Å². The van der Waals surface area contributed by atoms with E-state index in [0.29, 0.717) is 19.3 Å². The lowest BCUT2D eigenvalue weighted by atomic mass is 10.0. The van der Waals surface area contributed by atoms with Gasteiger partial charge in [-0.3, -0.25) is 14.4 Å². The van der Waals surface area contributed by atoms with Crippen molar-refractivity contribution in [2.24, 2.45) is 0 Å². The van der Waals surface area contributed by atoms with Gasteiger partial charge in [0.2, 0.25) is 0 Å². The second-order valence-corrected chi connectivity index (χ2v) is 24.5. The smallest absolute Gasteiger partial charge is 0.306 e. The molecule has 0 spiro atoms. The first kappa shape index (κ1) is 78.4. The summed E-state index contributed by atoms with van der Waals surface area (Å²) >= 11 is 0. The van der Waals surface area contributed by atoms with Crippen LogP contribution in [0.1, 0.15) is 393 Å². The van der Waals surface area contributed by atoms with Crippen molar-refractivity contribution >= 4 is 17.9 Å². The molecule has 0 aromatic heterocycles. The molecule has 0 amide bonds. The van der Waals surface area contributed by atoms with E-state index in [0.717, 1.165) is 77.0 Å². The lowest BCUT2D eigenvalue weighted by Gasteiger charge is -2.18. The van der Waals surface area contributed by atoms with E-state index in [1.807, 2.05) is 0 Å². The number of allylic oxidation sites excluding steroid dienone is 8. The van der Waals surface area contributed by atoms with Gasteiger partial charge in [-0.1, -0.05) is 339 Å². The molecule has 0 aromatic carbocycles. The predicted molar refractivity (Wildman–Crippen MR) is 353 cm³/mol. The number of esters is 3. The van der Waals surface area contributed by atoms with Gasteiger partial charge in [0.05, 0.1) is 0 Å². The zero-order valence-corrected chi connectivity index (χ0v) is 54.6. The maximum absolute atomic E-state index is 13.0. The first-order valence-electron chi connectivity index (χ1n) is 36.1. The fourth-order valence-corrected chi connectivity index (χ4v) is 10.9. The van der Waals surface area contributed by atoms with E-state index in [2.05, 4.69) is 69.4 Å². The summed E-state index contributed by atoms with van der Waals surface area (Å²) in [5, 5.41) is 0. The Morgan fingerprint density at radius 2 is 0.444 bits per heavy atom. The van der Waals surface area contributed by atoms with Crippen molar-refractivity contribution in [2.75, 3.05) is 13.2 Å². The van der Waals surface area contributed by atoms with E-state index in [1.165, 1.54) is 276 Å². The van der Waals surface area contributed by atoms with E-state index in [9.17, 15) is 14.4 Å². The zero-order chi connectivity index (χ0) is 58.5. The first-order valence-corrected chi connectivity index (χ1v) is 36.1. The van der Waals surface area contributed by atoms with Crippen molar-refractivity contribution in [1.82, 2.24) is 0 Å². The molecule has 0 saturated heterocycles. The molecule has 0 fully saturated rings. The van der Waals surface area contributed by atoms with Crippen LogP contribution in [0.2, 0.25) is 0 Å². The summed E-state index contributed by atoms with van der Waals surface area (Å²) in [5.74, 6) is -0.858. The van der Waals surface area contributed by atoms with E-state index in [1.54, 1.807) is 0 Å². The number of carbonyl (C=O) groups is 3. The van der Waals surface area contributed by atoms with E-state index in [4.69, 9.17) is 14.2 Å². The minimum Gasteiger partial charge on any atom is -0.462 e. The lowest BCUT2D eigenvalue weighted by molar-refractivity contribution is -0.167. The van der Waals surface area contributed by atoms with Crippen LogP contribution in [-0.4, -0.2) is 37.2 Å². The van der Waals surface area contributed by atoms with E-state index >= 15 is 0 Å². The van der Waals surface area contributed by atoms with Crippen LogP contribution in [0.15, 0.2) is 48.6 Å². The van der Waals surface area contributed by atoms with Crippen LogP contribution in [0.25, 0.3) is 0 Å². The van der Waals surface area contributed by atoms with Gasteiger partial charge in [0.1, 0.15) is 13.2 Å². The molecule has 1 atom stereocenters. The highest BCUT2D eigenvalue weighted by Crippen LogP contribution is 2.18. The highest BCUT2D eigenvalue weighted by molar-refractivity contribution is 5.71. The van der Waals surface area contributed by atoms with E-state index in [-0.39, 0.29) is 31.1 Å². The molecule has 6 heteroatoms. The lowest BCUT2D eigenvalue weighted by Crippen LogP contribution is -2.30. The molecule has 0 aromatic rings. The number of carbonyl (C=O) groups excluding carboxylic acids is 3. The van der Waals surface area contributed by atoms with E-state index < -0.39 is 6.10 Å². The van der Waals surface area contributed by atoms with Crippen LogP contribution in [0, 0.1) is 0 Å². The van der Waals surface area contributed by atoms with Gasteiger partial charge < -0.3 is 14.2 Å². The fourth-order valence-electron chi connectivity index (χ4n) is 10.9. The summed E-state index contributed by atoms with van der Waals surface area (Å²) in [7, 11) is 0. The van der Waals surface area contributed by atoms with Gasteiger partial charge in [-0.2, -0.15) is 0 Å². The van der Waals surface area contributed by atoms with Crippen molar-refractivity contribution in [3.63, 3.8) is 0 Å². The molecular weight excluding hydrogens is 997 g/mol. The molecular formula is C75H138O6. The molecule has 0 saturated carbocycles. The summed E-state index contributed by atoms with van der Waals surface area (Å²) in [6, 6.07) is 0. The summed E-state index contributed by atoms with van der Waals surface area (Å²) in [6.07, 6.45) is 88.5. The SMILES string of the molecule is CCCCC/C=C\C/C=C\C/C=C\CCCCCCCCC(=O)OC(COC(=O)CCCCCCCCCCCCCCC/C=C\CCCCCCCCCC)COC(=O)CCCCCCCCCCCCCCCCCCCCC. The van der Waals surface area contributed by atoms with Crippen LogP contribution in [0.3, 0.4) is 0 Å². The largest absolute Gasteiger partial charge is 0.462 e. The molecule has 0 aliphatic carbocycles. The number of unbranched alkanes of at least 4 members (excludes halogenated alkanes) is 48. The van der Waals surface area contributed by atoms with Crippen LogP contribution in [-0.2, 0) is 28.6 Å². The highest BCUT2D eigenvalue weighted by atomic mass is 16.6. The third kappa shape index (κ3) is 68.0. The molecule has 0 aliphatic heterocycles. The number of hydrogen-bond acceptors (Lipinski definition) is 6. The Morgan fingerprint density at radius 1 is 0.247 bits per heavy atom. The standard InChI is InChI=1S/C75H138O6/c1-4-7-10-13-16-19-22-25-28-31-34-35-36-37-38-39-42-44-47-50-53-56-59-62-65-68-74(77)80-71-72(81-75(78)69-66-63-60-57-54-51-48-45-41-33-30-27-24-21-18-15-12-9-6-3)70-79-73(76)67-64-61-58-55-52-49-46-43-40-32-29-26-23-20-17-14-11-8-5-2/h18,21,27,30-31,34,41,45,72H,4-17,19-20,22-26,28-29,32-33,35-40,42-44,46-71H2,1-3H3/b21-18-,30-27-,34-31-,45-41-. The maximum atomic E-state index is 13.0. The number of ether oxygens (including phenoxy) is 3. The number of hydrogen-bond donors (Lipinski definition) is 0. The molecule has 0 N–H and O–H groups in total. The Kier molecular flexibility index (Phi) is 67.6. The van der Waals surface area contributed by atoms with Crippen molar-refractivity contribution in [3.05, 3.63) is 48.6 Å². The summed E-state index contributed by atoms with van der Waals surface area (Å²) in [4.78, 5) is 38.5. The van der Waals surface area contributed by atoms with Gasteiger partial charge in [-0.15, -0.1) is 0 Å². The molecule has 474 valence electrons. The zero-order valence-electron chi connectivity index (χ0n) is 54.6. The topological polar surface area (TPSA) is 78.9 Å². The first-order chi connectivity index (χ1) is 40.0. The fraction of sp³-hybridized carbons (Fsp3) is 0.853. The molecule has 1 unspecified atom stereocenters. The Bertz CT molecular complexity index is 1400. The normalized spacial score (nSPS) is 12.3. The van der Waals surface area contributed by atoms with Crippen molar-refractivity contribution in [2.45, 2.75) is 399 Å². The van der Waals surface area contributed by atoms with Crippen molar-refractivity contribution in [3.8, 4) is 0 Å². The molecule has 0 heterocycles. The Morgan fingerprint density at radius 3 is 0.728 bits per heavy atom. The average Bonchev–Trinajstić information content (AvgIpc) is 3.47. The van der Waals surface area contributed by atoms with Gasteiger partial charge in [0, 0.05) is 19.3 Å². The monoisotopic (exact) mass is 1140 g/mol. The van der Waals surface area contributed by atoms with Gasteiger partial charge in [0.25, 0.3) is 0 Å². The molecule has 81 heavy (non-hydrogen) atoms. The summed E-state index contributed by atoms with van der Waals surface area (Å²) in [6.45, 7) is 6.68. The molecule has 0 bridgehead atoms. The Hall–Kier alpha value is -2.63. The molecule has 6 nitrogen and oxygen atoms in total. The Balaban J connectivity index is 4.31. The minimum absolute atomic E-state index is 0.0738. The van der Waals surface area contributed by atoms with Gasteiger partial charge in [-0.25, -0.2) is 0 Å². The third-order valence-electron chi connectivity index (χ3n) is 16.3. The molecule has 0 radical (unpaired) electrons. The minimum atomic E-state index is -0.780. The van der Waals surface area contributed by atoms with Crippen LogP contribution >= 0.6 is 0 Å². The second kappa shape index (κ2) is 69.9. The third-order valence-corrected chi connectivity index (χ3v) is 16.3. The van der Waals surface area contributed by atoms with Crippen LogP contribution in [0.5, 0.6) is 0 Å². The van der Waals surface area contributed by atoms with Gasteiger partial charge >= 0.3 is 17.9 Å². The van der Waals surface area contributed by atoms with Crippen LogP contribution < -0.4 is 0 Å². The second-order valence-electron chi connectivity index (χ2n) is 24.5. The predicted octanol–water partition coefficient (Wildman–Crippen LogP) is 24.9. The average molecular weight is 1140 g/mol. The van der Waals surface area contributed by atoms with Gasteiger partial charge in [-0.05, 0) is 83.5 Å². The maximum Gasteiger partial charge on any atom is 0.306 e. The quantitative estimate of drug-likeness (QED) is 0.0261. The number of rotatable bonds is 67.